The highest BCUT2D eigenvalue weighted by Gasteiger charge is 2.15. The van der Waals surface area contributed by atoms with E-state index < -0.39 is 0 Å². The number of hydrogen-bond acceptors (Lipinski definition) is 4. The summed E-state index contributed by atoms with van der Waals surface area (Å²) in [7, 11) is 3.11. The largest absolute Gasteiger partial charge is 0.497 e. The minimum Gasteiger partial charge on any atom is -0.497 e. The lowest BCUT2D eigenvalue weighted by molar-refractivity contribution is -0.116. The number of rotatable bonds is 5. The summed E-state index contributed by atoms with van der Waals surface area (Å²) in [5.74, 6) is 0.0529. The van der Waals surface area contributed by atoms with Gasteiger partial charge in [0.25, 0.3) is 5.91 Å². The molecule has 0 saturated carbocycles. The number of carbonyl (C=O) groups is 2. The molecule has 2 rings (SSSR count). The summed E-state index contributed by atoms with van der Waals surface area (Å²) in [6.07, 6.45) is 1.54. The molecule has 1 aromatic carbocycles. The molecule has 0 aliphatic heterocycles. The van der Waals surface area contributed by atoms with Crippen LogP contribution < -0.4 is 10.1 Å². The molecule has 6 nitrogen and oxygen atoms in total. The van der Waals surface area contributed by atoms with Crippen LogP contribution in [0.2, 0.25) is 0 Å². The van der Waals surface area contributed by atoms with Crippen LogP contribution in [0.1, 0.15) is 10.5 Å². The third-order valence-corrected chi connectivity index (χ3v) is 2.96. The third kappa shape index (κ3) is 4.05. The number of ether oxygens (including phenoxy) is 1. The van der Waals surface area contributed by atoms with Crippen molar-refractivity contribution in [1.82, 2.24) is 9.88 Å². The monoisotopic (exact) mass is 299 g/mol. The van der Waals surface area contributed by atoms with Crippen molar-refractivity contribution >= 4 is 17.5 Å². The Morgan fingerprint density at radius 1 is 1.23 bits per heavy atom. The molecular formula is C16H17N3O3. The van der Waals surface area contributed by atoms with Gasteiger partial charge in [-0.3, -0.25) is 14.6 Å². The van der Waals surface area contributed by atoms with E-state index in [4.69, 9.17) is 4.74 Å². The Hall–Kier alpha value is -2.89. The molecule has 0 bridgehead atoms. The highest BCUT2D eigenvalue weighted by molar-refractivity contribution is 5.98. The van der Waals surface area contributed by atoms with E-state index in [2.05, 4.69) is 10.3 Å². The Labute approximate surface area is 128 Å². The van der Waals surface area contributed by atoms with Crippen molar-refractivity contribution in [2.75, 3.05) is 26.0 Å². The number of nitrogens with zero attached hydrogens (tertiary/aromatic N) is 2. The average Bonchev–Trinajstić information content (AvgIpc) is 2.55. The Kier molecular flexibility index (Phi) is 5.08. The van der Waals surface area contributed by atoms with Crippen LogP contribution in [0.4, 0.5) is 5.69 Å². The summed E-state index contributed by atoms with van der Waals surface area (Å²) in [6, 6.07) is 12.1. The van der Waals surface area contributed by atoms with Gasteiger partial charge in [-0.05, 0) is 24.3 Å². The summed E-state index contributed by atoms with van der Waals surface area (Å²) in [4.78, 5) is 29.4. The molecule has 2 aromatic rings. The molecule has 0 aliphatic carbocycles. The van der Waals surface area contributed by atoms with Gasteiger partial charge in [-0.25, -0.2) is 0 Å². The lowest BCUT2D eigenvalue weighted by Gasteiger charge is -2.16. The summed E-state index contributed by atoms with van der Waals surface area (Å²) in [5.41, 5.74) is 0.919. The predicted octanol–water partition coefficient (Wildman–Crippen LogP) is 1.80. The molecule has 0 unspecified atom stereocenters. The third-order valence-electron chi connectivity index (χ3n) is 2.96. The Morgan fingerprint density at radius 2 is 2.05 bits per heavy atom. The maximum absolute atomic E-state index is 12.1. The minimum atomic E-state index is -0.304. The van der Waals surface area contributed by atoms with Crippen LogP contribution in [0.15, 0.2) is 48.7 Å². The van der Waals surface area contributed by atoms with E-state index in [0.29, 0.717) is 17.1 Å². The quantitative estimate of drug-likeness (QED) is 0.914. The molecule has 2 amide bonds. The number of benzene rings is 1. The van der Waals surface area contributed by atoms with Crippen molar-refractivity contribution in [3.8, 4) is 5.75 Å². The van der Waals surface area contributed by atoms with Gasteiger partial charge in [0, 0.05) is 25.0 Å². The van der Waals surface area contributed by atoms with Crippen molar-refractivity contribution in [2.45, 2.75) is 0 Å². The van der Waals surface area contributed by atoms with E-state index in [1.807, 2.05) is 0 Å². The Morgan fingerprint density at radius 3 is 2.73 bits per heavy atom. The maximum atomic E-state index is 12.1. The summed E-state index contributed by atoms with van der Waals surface area (Å²) >= 11 is 0. The number of anilines is 1. The maximum Gasteiger partial charge on any atom is 0.272 e. The molecule has 0 spiro atoms. The lowest BCUT2D eigenvalue weighted by atomic mass is 10.3. The van der Waals surface area contributed by atoms with Crippen molar-refractivity contribution in [2.24, 2.45) is 0 Å². The first kappa shape index (κ1) is 15.5. The molecule has 0 saturated heterocycles. The molecule has 6 heteroatoms. The molecule has 1 aromatic heterocycles. The van der Waals surface area contributed by atoms with Crippen LogP contribution in [0, 0.1) is 0 Å². The summed E-state index contributed by atoms with van der Waals surface area (Å²) in [6.45, 7) is -0.0629. The second-order valence-electron chi connectivity index (χ2n) is 4.66. The van der Waals surface area contributed by atoms with Crippen molar-refractivity contribution in [3.05, 3.63) is 54.4 Å². The SMILES string of the molecule is COc1cccc(NC(=O)CN(C)C(=O)c2ccccn2)c1. The highest BCUT2D eigenvalue weighted by Crippen LogP contribution is 2.16. The number of aromatic nitrogens is 1. The molecular weight excluding hydrogens is 282 g/mol. The highest BCUT2D eigenvalue weighted by atomic mass is 16.5. The number of methoxy groups -OCH3 is 1. The molecule has 0 atom stereocenters. The van der Waals surface area contributed by atoms with Crippen molar-refractivity contribution in [1.29, 1.82) is 0 Å². The first-order valence-corrected chi connectivity index (χ1v) is 6.70. The molecule has 1 heterocycles. The van der Waals surface area contributed by atoms with E-state index in [9.17, 15) is 9.59 Å². The van der Waals surface area contributed by atoms with E-state index in [0.717, 1.165) is 0 Å². The van der Waals surface area contributed by atoms with E-state index in [1.165, 1.54) is 11.1 Å². The molecule has 0 aliphatic rings. The Bertz CT molecular complexity index is 659. The minimum absolute atomic E-state index is 0.0629. The topological polar surface area (TPSA) is 71.5 Å². The zero-order chi connectivity index (χ0) is 15.9. The first-order valence-electron chi connectivity index (χ1n) is 6.70. The van der Waals surface area contributed by atoms with Crippen LogP contribution in [0.3, 0.4) is 0 Å². The van der Waals surface area contributed by atoms with E-state index in [-0.39, 0.29) is 18.4 Å². The number of carbonyl (C=O) groups excluding carboxylic acids is 2. The number of likely N-dealkylation sites (N-methyl/N-ethyl adjacent to an activating group) is 1. The van der Waals surface area contributed by atoms with Gasteiger partial charge in [-0.2, -0.15) is 0 Å². The van der Waals surface area contributed by atoms with E-state index >= 15 is 0 Å². The average molecular weight is 299 g/mol. The fourth-order valence-electron chi connectivity index (χ4n) is 1.87. The molecule has 114 valence electrons. The number of nitrogens with one attached hydrogen (secondary N) is 1. The second kappa shape index (κ2) is 7.21. The smallest absolute Gasteiger partial charge is 0.272 e. The summed E-state index contributed by atoms with van der Waals surface area (Å²) < 4.78 is 5.09. The van der Waals surface area contributed by atoms with Gasteiger partial charge in [0.15, 0.2) is 0 Å². The summed E-state index contributed by atoms with van der Waals surface area (Å²) in [5, 5.41) is 2.72. The van der Waals surface area contributed by atoms with Crippen LogP contribution in [0.25, 0.3) is 0 Å². The zero-order valence-corrected chi connectivity index (χ0v) is 12.4. The molecule has 1 N–H and O–H groups in total. The molecule has 0 fully saturated rings. The second-order valence-corrected chi connectivity index (χ2v) is 4.66. The van der Waals surface area contributed by atoms with Gasteiger partial charge in [0.1, 0.15) is 11.4 Å². The fraction of sp³-hybridized carbons (Fsp3) is 0.188. The van der Waals surface area contributed by atoms with Gasteiger partial charge < -0.3 is 15.0 Å². The Balaban J connectivity index is 1.95. The first-order chi connectivity index (χ1) is 10.6. The number of hydrogen-bond donors (Lipinski definition) is 1. The van der Waals surface area contributed by atoms with E-state index in [1.54, 1.807) is 56.6 Å². The zero-order valence-electron chi connectivity index (χ0n) is 12.4. The van der Waals surface area contributed by atoms with Crippen LogP contribution in [-0.4, -0.2) is 42.4 Å². The van der Waals surface area contributed by atoms with Gasteiger partial charge in [0.05, 0.1) is 13.7 Å². The van der Waals surface area contributed by atoms with Gasteiger partial charge in [0.2, 0.25) is 5.91 Å². The van der Waals surface area contributed by atoms with Crippen molar-refractivity contribution < 1.29 is 14.3 Å². The number of pyridine rings is 1. The number of amides is 2. The normalized spacial score (nSPS) is 9.91. The standard InChI is InChI=1S/C16H17N3O3/c1-19(16(21)14-8-3-4-9-17-14)11-15(20)18-12-6-5-7-13(10-12)22-2/h3-10H,11H2,1-2H3,(H,18,20). The molecule has 22 heavy (non-hydrogen) atoms. The van der Waals surface area contributed by atoms with Gasteiger partial charge in [-0.15, -0.1) is 0 Å². The van der Waals surface area contributed by atoms with Crippen LogP contribution >= 0.6 is 0 Å². The van der Waals surface area contributed by atoms with Crippen LogP contribution in [0.5, 0.6) is 5.75 Å². The molecule has 0 radical (unpaired) electrons. The van der Waals surface area contributed by atoms with Gasteiger partial charge >= 0.3 is 0 Å². The van der Waals surface area contributed by atoms with Crippen LogP contribution in [-0.2, 0) is 4.79 Å². The van der Waals surface area contributed by atoms with Gasteiger partial charge in [-0.1, -0.05) is 12.1 Å². The predicted molar refractivity (Wildman–Crippen MR) is 82.8 cm³/mol. The van der Waals surface area contributed by atoms with Crippen molar-refractivity contribution in [3.63, 3.8) is 0 Å². The lowest BCUT2D eigenvalue weighted by Crippen LogP contribution is -2.35. The fourth-order valence-corrected chi connectivity index (χ4v) is 1.87.